The number of anilines is 1. The molecule has 2 rings (SSSR count). The molecule has 0 amide bonds. The highest BCUT2D eigenvalue weighted by atomic mass is 35.5. The van der Waals surface area contributed by atoms with Gasteiger partial charge in [0.2, 0.25) is 0 Å². The van der Waals surface area contributed by atoms with Gasteiger partial charge in [0, 0.05) is 0 Å². The molecule has 0 spiro atoms. The van der Waals surface area contributed by atoms with Gasteiger partial charge in [0.25, 0.3) is 10.1 Å². The summed E-state index contributed by atoms with van der Waals surface area (Å²) in [7, 11) is -4.19. The lowest BCUT2D eigenvalue weighted by molar-refractivity contribution is 0.483. The van der Waals surface area contributed by atoms with E-state index in [4.69, 9.17) is 27.8 Å². The first-order chi connectivity index (χ1) is 9.86. The number of hydrazone groups is 1. The number of hydrogen-bond donors (Lipinski definition) is 2. The van der Waals surface area contributed by atoms with Gasteiger partial charge in [-0.2, -0.15) is 13.5 Å². The summed E-state index contributed by atoms with van der Waals surface area (Å²) in [6.45, 7) is 0. The van der Waals surface area contributed by atoms with E-state index in [1.54, 1.807) is 24.4 Å². The van der Waals surface area contributed by atoms with Crippen LogP contribution in [0.4, 0.5) is 5.69 Å². The summed E-state index contributed by atoms with van der Waals surface area (Å²) >= 11 is 11.7. The van der Waals surface area contributed by atoms with Crippen molar-refractivity contribution in [1.29, 1.82) is 0 Å². The number of nitrogens with zero attached hydrogens (tertiary/aromatic N) is 1. The molecule has 0 atom stereocenters. The van der Waals surface area contributed by atoms with Crippen LogP contribution in [0.1, 0.15) is 5.56 Å². The Morgan fingerprint density at radius 2 is 1.71 bits per heavy atom. The number of hydrogen-bond acceptors (Lipinski definition) is 4. The average Bonchev–Trinajstić information content (AvgIpc) is 2.42. The molecular weight excluding hydrogens is 335 g/mol. The number of nitrogens with one attached hydrogen (secondary N) is 1. The highest BCUT2D eigenvalue weighted by Crippen LogP contribution is 2.21. The summed E-state index contributed by atoms with van der Waals surface area (Å²) in [6.07, 6.45) is 1.54. The topological polar surface area (TPSA) is 78.8 Å². The number of rotatable bonds is 4. The Hall–Kier alpha value is -1.60. The third kappa shape index (κ3) is 4.44. The van der Waals surface area contributed by atoms with Crippen molar-refractivity contribution < 1.29 is 13.0 Å². The smallest absolute Gasteiger partial charge is 0.282 e. The molecule has 0 heterocycles. The maximum absolute atomic E-state index is 10.9. The van der Waals surface area contributed by atoms with Gasteiger partial charge in [0.1, 0.15) is 0 Å². The van der Waals surface area contributed by atoms with E-state index >= 15 is 0 Å². The molecule has 0 aromatic heterocycles. The fraction of sp³-hybridized carbons (Fsp3) is 0. The largest absolute Gasteiger partial charge is 0.294 e. The minimum Gasteiger partial charge on any atom is -0.282 e. The molecule has 5 nitrogen and oxygen atoms in total. The summed E-state index contributed by atoms with van der Waals surface area (Å²) in [6, 6.07) is 10.6. The molecule has 2 N–H and O–H groups in total. The minimum atomic E-state index is -4.19. The Labute approximate surface area is 132 Å². The second-order valence-electron chi connectivity index (χ2n) is 4.04. The molecular formula is C13H10Cl2N2O3S. The molecule has 0 aliphatic heterocycles. The van der Waals surface area contributed by atoms with E-state index in [1.165, 1.54) is 24.3 Å². The number of benzene rings is 2. The second-order valence-corrected chi connectivity index (χ2v) is 6.28. The first kappa shape index (κ1) is 15.8. The van der Waals surface area contributed by atoms with E-state index < -0.39 is 10.1 Å². The van der Waals surface area contributed by atoms with Crippen molar-refractivity contribution in [3.05, 3.63) is 58.1 Å². The molecule has 0 saturated carbocycles. The van der Waals surface area contributed by atoms with Crippen LogP contribution in [0.2, 0.25) is 10.0 Å². The van der Waals surface area contributed by atoms with Crippen LogP contribution < -0.4 is 5.43 Å². The van der Waals surface area contributed by atoms with Crippen molar-refractivity contribution in [3.63, 3.8) is 0 Å². The zero-order chi connectivity index (χ0) is 15.5. The van der Waals surface area contributed by atoms with Gasteiger partial charge < -0.3 is 0 Å². The molecule has 110 valence electrons. The van der Waals surface area contributed by atoms with E-state index in [0.717, 1.165) is 5.56 Å². The van der Waals surface area contributed by atoms with Crippen LogP contribution in [-0.4, -0.2) is 19.2 Å². The van der Waals surface area contributed by atoms with E-state index in [9.17, 15) is 8.42 Å². The SMILES string of the molecule is O=S(=O)(O)c1ccc(N/N=C/c2ccc(Cl)c(Cl)c2)cc1. The first-order valence-corrected chi connectivity index (χ1v) is 7.87. The Morgan fingerprint density at radius 1 is 1.05 bits per heavy atom. The summed E-state index contributed by atoms with van der Waals surface area (Å²) in [4.78, 5) is -0.179. The maximum Gasteiger partial charge on any atom is 0.294 e. The quantitative estimate of drug-likeness (QED) is 0.503. The molecule has 0 fully saturated rings. The lowest BCUT2D eigenvalue weighted by atomic mass is 10.2. The van der Waals surface area contributed by atoms with Gasteiger partial charge in [-0.05, 0) is 42.0 Å². The first-order valence-electron chi connectivity index (χ1n) is 5.68. The lowest BCUT2D eigenvalue weighted by Crippen LogP contribution is -1.98. The highest BCUT2D eigenvalue weighted by Gasteiger charge is 2.07. The maximum atomic E-state index is 10.9. The average molecular weight is 345 g/mol. The zero-order valence-electron chi connectivity index (χ0n) is 10.5. The summed E-state index contributed by atoms with van der Waals surface area (Å²) in [5.74, 6) is 0. The molecule has 0 bridgehead atoms. The van der Waals surface area contributed by atoms with Crippen LogP contribution >= 0.6 is 23.2 Å². The van der Waals surface area contributed by atoms with E-state index in [2.05, 4.69) is 10.5 Å². The molecule has 0 unspecified atom stereocenters. The van der Waals surface area contributed by atoms with Crippen molar-refractivity contribution in [2.75, 3.05) is 5.43 Å². The third-order valence-corrected chi connectivity index (χ3v) is 4.11. The standard InChI is InChI=1S/C13H10Cl2N2O3S/c14-12-6-1-9(7-13(12)15)8-16-17-10-2-4-11(5-3-10)21(18,19)20/h1-8,17H,(H,18,19,20)/b16-8+. The normalized spacial score (nSPS) is 11.8. The minimum absolute atomic E-state index is 0.179. The Balaban J connectivity index is 2.05. The molecule has 21 heavy (non-hydrogen) atoms. The molecule has 2 aromatic carbocycles. The van der Waals surface area contributed by atoms with Gasteiger partial charge in [-0.15, -0.1) is 0 Å². The van der Waals surface area contributed by atoms with Crippen molar-refractivity contribution in [3.8, 4) is 0 Å². The van der Waals surface area contributed by atoms with Crippen molar-refractivity contribution in [2.45, 2.75) is 4.90 Å². The van der Waals surface area contributed by atoms with Gasteiger partial charge in [-0.3, -0.25) is 9.98 Å². The third-order valence-electron chi connectivity index (χ3n) is 2.50. The monoisotopic (exact) mass is 344 g/mol. The summed E-state index contributed by atoms with van der Waals surface area (Å²) < 4.78 is 30.6. The van der Waals surface area contributed by atoms with Gasteiger partial charge in [0.15, 0.2) is 0 Å². The predicted molar refractivity (Wildman–Crippen MR) is 83.9 cm³/mol. The Bertz CT molecular complexity index is 775. The highest BCUT2D eigenvalue weighted by molar-refractivity contribution is 7.85. The fourth-order valence-electron chi connectivity index (χ4n) is 1.48. The molecule has 0 aliphatic carbocycles. The van der Waals surface area contributed by atoms with Crippen LogP contribution in [0, 0.1) is 0 Å². The lowest BCUT2D eigenvalue weighted by Gasteiger charge is -2.02. The van der Waals surface area contributed by atoms with E-state index in [1.807, 2.05) is 0 Å². The molecule has 2 aromatic rings. The van der Waals surface area contributed by atoms with Crippen LogP contribution in [0.25, 0.3) is 0 Å². The van der Waals surface area contributed by atoms with E-state index in [0.29, 0.717) is 15.7 Å². The molecule has 0 saturated heterocycles. The zero-order valence-corrected chi connectivity index (χ0v) is 12.8. The molecule has 8 heteroatoms. The summed E-state index contributed by atoms with van der Waals surface area (Å²) in [5.41, 5.74) is 4.05. The van der Waals surface area contributed by atoms with Crippen LogP contribution in [-0.2, 0) is 10.1 Å². The second kappa shape index (κ2) is 6.44. The van der Waals surface area contributed by atoms with Gasteiger partial charge in [-0.25, -0.2) is 0 Å². The van der Waals surface area contributed by atoms with Gasteiger partial charge >= 0.3 is 0 Å². The van der Waals surface area contributed by atoms with Crippen molar-refractivity contribution >= 4 is 45.2 Å². The molecule has 0 radical (unpaired) electrons. The Kier molecular flexibility index (Phi) is 4.84. The number of halogens is 2. The van der Waals surface area contributed by atoms with Crippen LogP contribution in [0.15, 0.2) is 52.5 Å². The van der Waals surface area contributed by atoms with Crippen molar-refractivity contribution in [1.82, 2.24) is 0 Å². The Morgan fingerprint density at radius 3 is 2.29 bits per heavy atom. The van der Waals surface area contributed by atoms with Gasteiger partial charge in [0.05, 0.1) is 26.8 Å². The van der Waals surface area contributed by atoms with Crippen LogP contribution in [0.5, 0.6) is 0 Å². The fourth-order valence-corrected chi connectivity index (χ4v) is 2.26. The van der Waals surface area contributed by atoms with Crippen LogP contribution in [0.3, 0.4) is 0 Å². The van der Waals surface area contributed by atoms with Crippen molar-refractivity contribution in [2.24, 2.45) is 5.10 Å². The molecule has 0 aliphatic rings. The predicted octanol–water partition coefficient (Wildman–Crippen LogP) is 3.69. The summed E-state index contributed by atoms with van der Waals surface area (Å²) in [5, 5.41) is 4.88. The van der Waals surface area contributed by atoms with E-state index in [-0.39, 0.29) is 4.90 Å². The van der Waals surface area contributed by atoms with Gasteiger partial charge in [-0.1, -0.05) is 29.3 Å².